The standard InChI is InChI=1S/C60H42N2/c1-5-19-43(20-6-1)44-35-37-49(38-36-44)61(50-28-17-27-48(41-50)53-30-14-13-29-52(53)45-21-7-2-8-22-45)51-39-40-56-55-31-15-16-33-57(55)62(59(56)42-51)58-34-18-32-54(46-23-9-3-10-24-46)60(58)47-25-11-4-12-26-47/h1-42H. The van der Waals surface area contributed by atoms with Gasteiger partial charge < -0.3 is 9.47 Å². The van der Waals surface area contributed by atoms with E-state index in [1.54, 1.807) is 0 Å². The summed E-state index contributed by atoms with van der Waals surface area (Å²) in [6.45, 7) is 0. The number of hydrogen-bond donors (Lipinski definition) is 0. The van der Waals surface area contributed by atoms with Gasteiger partial charge in [-0.1, -0.05) is 206 Å². The number of fused-ring (bicyclic) bond motifs is 3. The van der Waals surface area contributed by atoms with Crippen LogP contribution in [0.25, 0.3) is 83.1 Å². The van der Waals surface area contributed by atoms with Gasteiger partial charge >= 0.3 is 0 Å². The van der Waals surface area contributed by atoms with Crippen molar-refractivity contribution in [3.8, 4) is 61.3 Å². The molecule has 10 aromatic carbocycles. The SMILES string of the molecule is c1ccc(-c2ccc(N(c3cccc(-c4ccccc4-c4ccccc4)c3)c3ccc4c5ccccc5n(-c5cccc(-c6ccccc6)c5-c5ccccc5)c4c3)cc2)cc1. The van der Waals surface area contributed by atoms with E-state index in [0.29, 0.717) is 0 Å². The van der Waals surface area contributed by atoms with Crippen molar-refractivity contribution in [2.24, 2.45) is 0 Å². The van der Waals surface area contributed by atoms with Gasteiger partial charge in [-0.3, -0.25) is 0 Å². The minimum atomic E-state index is 1.07. The molecule has 0 N–H and O–H groups in total. The van der Waals surface area contributed by atoms with Gasteiger partial charge in [0.05, 0.1) is 16.7 Å². The molecule has 11 aromatic rings. The molecule has 2 heteroatoms. The Morgan fingerprint density at radius 1 is 0.258 bits per heavy atom. The second-order valence-electron chi connectivity index (χ2n) is 15.7. The third-order valence-electron chi connectivity index (χ3n) is 12.0. The lowest BCUT2D eigenvalue weighted by Gasteiger charge is -2.27. The Morgan fingerprint density at radius 2 is 0.726 bits per heavy atom. The Hall–Kier alpha value is -8.20. The molecule has 0 aliphatic rings. The molecule has 0 fully saturated rings. The van der Waals surface area contributed by atoms with E-state index in [0.717, 1.165) is 33.8 Å². The van der Waals surface area contributed by atoms with Gasteiger partial charge in [0.1, 0.15) is 0 Å². The van der Waals surface area contributed by atoms with Crippen molar-refractivity contribution < 1.29 is 0 Å². The lowest BCUT2D eigenvalue weighted by atomic mass is 9.93. The molecule has 0 amide bonds. The monoisotopic (exact) mass is 790 g/mol. The molecular formula is C60H42N2. The van der Waals surface area contributed by atoms with Gasteiger partial charge in [0.2, 0.25) is 0 Å². The molecule has 11 rings (SSSR count). The molecule has 2 nitrogen and oxygen atoms in total. The van der Waals surface area contributed by atoms with Crippen molar-refractivity contribution in [3.05, 3.63) is 255 Å². The molecule has 0 spiro atoms. The first-order valence-electron chi connectivity index (χ1n) is 21.3. The Bertz CT molecular complexity index is 3310. The summed E-state index contributed by atoms with van der Waals surface area (Å²) in [6, 6.07) is 92.1. The van der Waals surface area contributed by atoms with Crippen LogP contribution in [0.3, 0.4) is 0 Å². The predicted molar refractivity (Wildman–Crippen MR) is 263 cm³/mol. The molecule has 1 aromatic heterocycles. The van der Waals surface area contributed by atoms with E-state index in [9.17, 15) is 0 Å². The number of anilines is 3. The van der Waals surface area contributed by atoms with Gasteiger partial charge in [0.15, 0.2) is 0 Å². The van der Waals surface area contributed by atoms with E-state index in [-0.39, 0.29) is 0 Å². The first-order valence-corrected chi connectivity index (χ1v) is 21.3. The highest BCUT2D eigenvalue weighted by molar-refractivity contribution is 6.11. The summed E-state index contributed by atoms with van der Waals surface area (Å²) in [4.78, 5) is 2.41. The molecule has 0 atom stereocenters. The smallest absolute Gasteiger partial charge is 0.0562 e. The Balaban J connectivity index is 1.14. The summed E-state index contributed by atoms with van der Waals surface area (Å²) in [6.07, 6.45) is 0. The van der Waals surface area contributed by atoms with Gasteiger partial charge in [-0.2, -0.15) is 0 Å². The number of rotatable bonds is 9. The van der Waals surface area contributed by atoms with Crippen molar-refractivity contribution in [3.63, 3.8) is 0 Å². The highest BCUT2D eigenvalue weighted by atomic mass is 15.1. The molecule has 0 aliphatic heterocycles. The van der Waals surface area contributed by atoms with Crippen LogP contribution in [0.15, 0.2) is 255 Å². The zero-order valence-corrected chi connectivity index (χ0v) is 34.1. The van der Waals surface area contributed by atoms with Crippen molar-refractivity contribution in [1.29, 1.82) is 0 Å². The highest BCUT2D eigenvalue weighted by Gasteiger charge is 2.21. The lowest BCUT2D eigenvalue weighted by molar-refractivity contribution is 1.18. The van der Waals surface area contributed by atoms with Crippen LogP contribution in [0.5, 0.6) is 0 Å². The first-order chi connectivity index (χ1) is 30.8. The summed E-state index contributed by atoms with van der Waals surface area (Å²) in [5, 5.41) is 2.43. The third-order valence-corrected chi connectivity index (χ3v) is 12.0. The molecular weight excluding hydrogens is 749 g/mol. The average Bonchev–Trinajstić information content (AvgIpc) is 3.69. The predicted octanol–water partition coefficient (Wildman–Crippen LogP) is 16.6. The first kappa shape index (κ1) is 36.8. The fourth-order valence-electron chi connectivity index (χ4n) is 9.15. The topological polar surface area (TPSA) is 8.17 Å². The number of hydrogen-bond acceptors (Lipinski definition) is 1. The highest BCUT2D eigenvalue weighted by Crippen LogP contribution is 2.44. The minimum Gasteiger partial charge on any atom is -0.310 e. The molecule has 0 saturated carbocycles. The number of benzene rings is 10. The van der Waals surface area contributed by atoms with Crippen LogP contribution in [-0.4, -0.2) is 4.57 Å². The largest absolute Gasteiger partial charge is 0.310 e. The zero-order valence-electron chi connectivity index (χ0n) is 34.1. The maximum atomic E-state index is 2.48. The van der Waals surface area contributed by atoms with Crippen LogP contribution in [0.2, 0.25) is 0 Å². The average molecular weight is 791 g/mol. The molecule has 0 radical (unpaired) electrons. The normalized spacial score (nSPS) is 11.2. The van der Waals surface area contributed by atoms with Crippen LogP contribution in [0, 0.1) is 0 Å². The Kier molecular flexibility index (Phi) is 9.57. The molecule has 292 valence electrons. The summed E-state index contributed by atoms with van der Waals surface area (Å²) in [7, 11) is 0. The van der Waals surface area contributed by atoms with Gasteiger partial charge in [0, 0.05) is 33.4 Å². The van der Waals surface area contributed by atoms with E-state index in [1.807, 2.05) is 0 Å². The zero-order chi connectivity index (χ0) is 41.2. The van der Waals surface area contributed by atoms with E-state index in [1.165, 1.54) is 66.4 Å². The van der Waals surface area contributed by atoms with Crippen LogP contribution < -0.4 is 4.90 Å². The number of nitrogens with zero attached hydrogens (tertiary/aromatic N) is 2. The van der Waals surface area contributed by atoms with Crippen LogP contribution in [0.1, 0.15) is 0 Å². The Labute approximate surface area is 362 Å². The van der Waals surface area contributed by atoms with Gasteiger partial charge in [-0.25, -0.2) is 0 Å². The van der Waals surface area contributed by atoms with Gasteiger partial charge in [-0.05, 0) is 98.6 Å². The van der Waals surface area contributed by atoms with E-state index < -0.39 is 0 Å². The summed E-state index contributed by atoms with van der Waals surface area (Å²) < 4.78 is 2.48. The number of para-hydroxylation sites is 1. The summed E-state index contributed by atoms with van der Waals surface area (Å²) in [5.74, 6) is 0. The Morgan fingerprint density at radius 3 is 1.42 bits per heavy atom. The fraction of sp³-hybridized carbons (Fsp3) is 0. The maximum absolute atomic E-state index is 2.48. The second kappa shape index (κ2) is 16.1. The van der Waals surface area contributed by atoms with Gasteiger partial charge in [0.25, 0.3) is 0 Å². The van der Waals surface area contributed by atoms with Crippen molar-refractivity contribution in [1.82, 2.24) is 4.57 Å². The van der Waals surface area contributed by atoms with E-state index in [2.05, 4.69) is 264 Å². The molecule has 0 bridgehead atoms. The molecule has 0 aliphatic carbocycles. The van der Waals surface area contributed by atoms with Crippen LogP contribution >= 0.6 is 0 Å². The third kappa shape index (κ3) is 6.74. The lowest BCUT2D eigenvalue weighted by Crippen LogP contribution is -2.10. The molecule has 1 heterocycles. The molecule has 0 saturated heterocycles. The maximum Gasteiger partial charge on any atom is 0.0562 e. The van der Waals surface area contributed by atoms with E-state index >= 15 is 0 Å². The van der Waals surface area contributed by atoms with Crippen LogP contribution in [0.4, 0.5) is 17.1 Å². The van der Waals surface area contributed by atoms with Gasteiger partial charge in [-0.15, -0.1) is 0 Å². The summed E-state index contributed by atoms with van der Waals surface area (Å²) in [5.41, 5.74) is 18.6. The molecule has 0 unspecified atom stereocenters. The van der Waals surface area contributed by atoms with Crippen molar-refractivity contribution >= 4 is 38.9 Å². The molecule has 62 heavy (non-hydrogen) atoms. The van der Waals surface area contributed by atoms with Crippen molar-refractivity contribution in [2.45, 2.75) is 0 Å². The fourth-order valence-corrected chi connectivity index (χ4v) is 9.15. The van der Waals surface area contributed by atoms with E-state index in [4.69, 9.17) is 0 Å². The quantitative estimate of drug-likeness (QED) is 0.141. The van der Waals surface area contributed by atoms with Crippen LogP contribution in [-0.2, 0) is 0 Å². The minimum absolute atomic E-state index is 1.07. The number of aromatic nitrogens is 1. The summed E-state index contributed by atoms with van der Waals surface area (Å²) >= 11 is 0. The second-order valence-corrected chi connectivity index (χ2v) is 15.7. The van der Waals surface area contributed by atoms with Crippen molar-refractivity contribution in [2.75, 3.05) is 4.90 Å².